The van der Waals surface area contributed by atoms with Crippen LogP contribution in [0.1, 0.15) is 65.9 Å². The Hall–Kier alpha value is -2.35. The molecular weight excluding hydrogens is 372 g/mol. The van der Waals surface area contributed by atoms with Gasteiger partial charge in [0.1, 0.15) is 0 Å². The number of rotatable bonds is 4. The van der Waals surface area contributed by atoms with E-state index >= 15 is 0 Å². The van der Waals surface area contributed by atoms with Crippen molar-refractivity contribution < 1.29 is 11.0 Å². The van der Waals surface area contributed by atoms with Crippen LogP contribution < -0.4 is 5.73 Å². The van der Waals surface area contributed by atoms with Crippen molar-refractivity contribution in [1.82, 2.24) is 4.90 Å². The van der Waals surface area contributed by atoms with Gasteiger partial charge in [-0.05, 0) is 63.3 Å². The number of allylic oxidation sites excluding steroid dienone is 3. The normalized spacial score (nSPS) is 20.7. The molecule has 0 radical (unpaired) electrons. The molecule has 1 aliphatic carbocycles. The lowest BCUT2D eigenvalue weighted by Gasteiger charge is -2.28. The number of hydrogen-bond acceptors (Lipinski definition) is 3. The van der Waals surface area contributed by atoms with Crippen LogP contribution >= 0.6 is 0 Å². The maximum atomic E-state index is 13.0. The van der Waals surface area contributed by atoms with Gasteiger partial charge in [-0.3, -0.25) is 4.79 Å². The molecule has 1 fully saturated rings. The van der Waals surface area contributed by atoms with E-state index in [9.17, 15) is 4.79 Å². The number of carbonyl (C=O) groups excluding carboxylic acids is 1. The zero-order valence-corrected chi connectivity index (χ0v) is 18.7. The molecule has 2 N–H and O–H groups in total. The first-order valence-corrected chi connectivity index (χ1v) is 11.0. The summed E-state index contributed by atoms with van der Waals surface area (Å²) >= 11 is 0. The summed E-state index contributed by atoms with van der Waals surface area (Å²) in [7, 11) is 0. The molecule has 4 rings (SSSR count). The lowest BCUT2D eigenvalue weighted by Crippen LogP contribution is -2.31. The second-order valence-electron chi connectivity index (χ2n) is 9.07. The maximum absolute atomic E-state index is 13.0. The number of ether oxygens (including phenoxy) is 1. The lowest BCUT2D eigenvalue weighted by molar-refractivity contribution is -0.129. The predicted octanol–water partition coefficient (Wildman–Crippen LogP) is 4.79. The Morgan fingerprint density at radius 1 is 1.33 bits per heavy atom. The maximum Gasteiger partial charge on any atom is 0.227 e. The van der Waals surface area contributed by atoms with Gasteiger partial charge in [0.15, 0.2) is 0 Å². The highest BCUT2D eigenvalue weighted by Gasteiger charge is 2.47. The average molecular weight is 409 g/mol. The second-order valence-corrected chi connectivity index (χ2v) is 9.07. The van der Waals surface area contributed by atoms with Crippen LogP contribution in [-0.2, 0) is 16.1 Å². The molecule has 1 saturated heterocycles. The van der Waals surface area contributed by atoms with Gasteiger partial charge in [-0.1, -0.05) is 50.0 Å². The number of nitrogens with two attached hydrogens (primary N) is 1. The minimum atomic E-state index is -0.0657. The molecule has 2 aliphatic heterocycles. The number of amides is 1. The Balaban J connectivity index is 0.000000514. The molecule has 1 aromatic rings. The van der Waals surface area contributed by atoms with E-state index in [4.69, 9.17) is 10.5 Å². The van der Waals surface area contributed by atoms with E-state index in [1.807, 2.05) is 23.1 Å². The Bertz CT molecular complexity index is 905. The molecule has 0 aromatic heterocycles. The van der Waals surface area contributed by atoms with Crippen LogP contribution in [0.2, 0.25) is 0 Å². The SMILES string of the molecule is CC(C)CN.CC1(C)OC1CCC(=O)N1Cc2ccccc2C#CC2=C1C=CCC2.[HH]. The van der Waals surface area contributed by atoms with Crippen molar-refractivity contribution in [2.45, 2.75) is 71.6 Å². The Morgan fingerprint density at radius 3 is 2.70 bits per heavy atom. The van der Waals surface area contributed by atoms with Crippen LogP contribution in [0, 0.1) is 17.8 Å². The molecule has 3 aliphatic rings. The number of nitrogens with zero attached hydrogens (tertiary/aromatic N) is 1. The standard InChI is InChI=1S/C22H23NO2.C4H11N.H2/c1-22(2)20(25-22)13-14-21(24)23-15-18-9-4-3-7-16(18)11-12-17-8-5-6-10-19(17)23;1-4(2)3-5;/h3-4,6-7,9-10,20H,5,8,13-15H2,1-2H3;4H,3,5H2,1-2H3;1H. The van der Waals surface area contributed by atoms with Gasteiger partial charge < -0.3 is 15.4 Å². The Kier molecular flexibility index (Phi) is 7.18. The van der Waals surface area contributed by atoms with Crippen LogP contribution in [-0.4, -0.2) is 29.1 Å². The van der Waals surface area contributed by atoms with Crippen molar-refractivity contribution in [1.29, 1.82) is 0 Å². The van der Waals surface area contributed by atoms with Gasteiger partial charge in [0, 0.05) is 19.0 Å². The summed E-state index contributed by atoms with van der Waals surface area (Å²) in [5.74, 6) is 7.43. The molecule has 4 nitrogen and oxygen atoms in total. The van der Waals surface area contributed by atoms with Crippen LogP contribution in [0.5, 0.6) is 0 Å². The highest BCUT2D eigenvalue weighted by atomic mass is 16.6. The highest BCUT2D eigenvalue weighted by Crippen LogP contribution is 2.38. The summed E-state index contributed by atoms with van der Waals surface area (Å²) in [6, 6.07) is 8.12. The van der Waals surface area contributed by atoms with Crippen LogP contribution in [0.15, 0.2) is 47.7 Å². The number of epoxide rings is 1. The molecule has 162 valence electrons. The van der Waals surface area contributed by atoms with Gasteiger partial charge in [0.2, 0.25) is 5.91 Å². The summed E-state index contributed by atoms with van der Waals surface area (Å²) < 4.78 is 5.63. The summed E-state index contributed by atoms with van der Waals surface area (Å²) in [6.07, 6.45) is 7.59. The molecule has 1 atom stereocenters. The van der Waals surface area contributed by atoms with E-state index in [2.05, 4.69) is 57.8 Å². The fourth-order valence-electron chi connectivity index (χ4n) is 3.56. The minimum absolute atomic E-state index is 0. The van der Waals surface area contributed by atoms with E-state index in [1.165, 1.54) is 0 Å². The molecule has 1 aromatic carbocycles. The Morgan fingerprint density at radius 2 is 2.03 bits per heavy atom. The third-order valence-electron chi connectivity index (χ3n) is 5.69. The molecule has 1 amide bonds. The van der Waals surface area contributed by atoms with E-state index < -0.39 is 0 Å². The summed E-state index contributed by atoms with van der Waals surface area (Å²) in [5, 5.41) is 0. The molecule has 0 spiro atoms. The summed E-state index contributed by atoms with van der Waals surface area (Å²) in [4.78, 5) is 14.9. The fraction of sp³-hybridized carbons (Fsp3) is 0.500. The molecular formula is C26H36N2O2. The van der Waals surface area contributed by atoms with Gasteiger partial charge >= 0.3 is 0 Å². The van der Waals surface area contributed by atoms with E-state index in [1.54, 1.807) is 0 Å². The fourth-order valence-corrected chi connectivity index (χ4v) is 3.56. The van der Waals surface area contributed by atoms with Crippen LogP contribution in [0.3, 0.4) is 0 Å². The zero-order chi connectivity index (χ0) is 21.7. The lowest BCUT2D eigenvalue weighted by atomic mass is 9.97. The molecule has 4 heteroatoms. The smallest absolute Gasteiger partial charge is 0.227 e. The third-order valence-corrected chi connectivity index (χ3v) is 5.69. The van der Waals surface area contributed by atoms with Crippen molar-refractivity contribution in [3.05, 3.63) is 58.8 Å². The minimum Gasteiger partial charge on any atom is -0.367 e. The van der Waals surface area contributed by atoms with Crippen molar-refractivity contribution in [2.24, 2.45) is 11.7 Å². The van der Waals surface area contributed by atoms with Gasteiger partial charge in [-0.25, -0.2) is 0 Å². The number of carbonyl (C=O) groups is 1. The summed E-state index contributed by atoms with van der Waals surface area (Å²) in [6.45, 7) is 9.74. The zero-order valence-electron chi connectivity index (χ0n) is 18.7. The quantitative estimate of drug-likeness (QED) is 0.576. The topological polar surface area (TPSA) is 58.9 Å². The molecule has 1 unspecified atom stereocenters. The first kappa shape index (κ1) is 22.3. The van der Waals surface area contributed by atoms with Crippen LogP contribution in [0.4, 0.5) is 0 Å². The largest absolute Gasteiger partial charge is 0.367 e. The van der Waals surface area contributed by atoms with Crippen molar-refractivity contribution in [3.63, 3.8) is 0 Å². The average Bonchev–Trinajstić information content (AvgIpc) is 3.34. The van der Waals surface area contributed by atoms with Crippen molar-refractivity contribution >= 4 is 5.91 Å². The number of benzene rings is 1. The van der Waals surface area contributed by atoms with Crippen LogP contribution in [0.25, 0.3) is 0 Å². The van der Waals surface area contributed by atoms with Crippen molar-refractivity contribution in [2.75, 3.05) is 6.54 Å². The van der Waals surface area contributed by atoms with Gasteiger partial charge in [0.25, 0.3) is 0 Å². The Labute approximate surface area is 182 Å². The van der Waals surface area contributed by atoms with Gasteiger partial charge in [0.05, 0.1) is 23.9 Å². The molecule has 2 heterocycles. The monoisotopic (exact) mass is 408 g/mol. The second kappa shape index (κ2) is 9.64. The van der Waals surface area contributed by atoms with E-state index in [0.717, 1.165) is 48.2 Å². The van der Waals surface area contributed by atoms with E-state index in [-0.39, 0.29) is 19.0 Å². The van der Waals surface area contributed by atoms with Gasteiger partial charge in [-0.2, -0.15) is 0 Å². The van der Waals surface area contributed by atoms with Gasteiger partial charge in [-0.15, -0.1) is 0 Å². The van der Waals surface area contributed by atoms with E-state index in [0.29, 0.717) is 18.9 Å². The molecule has 30 heavy (non-hydrogen) atoms. The highest BCUT2D eigenvalue weighted by molar-refractivity contribution is 5.79. The number of fused-ring (bicyclic) bond motifs is 1. The molecule has 0 saturated carbocycles. The first-order valence-electron chi connectivity index (χ1n) is 11.0. The third kappa shape index (κ3) is 5.62. The summed E-state index contributed by atoms with van der Waals surface area (Å²) in [5.41, 5.74) is 9.29. The first-order chi connectivity index (χ1) is 14.3. The van der Waals surface area contributed by atoms with Crippen molar-refractivity contribution in [3.8, 4) is 11.8 Å². The number of hydrogen-bond donors (Lipinski definition) is 1. The predicted molar refractivity (Wildman–Crippen MR) is 123 cm³/mol. The molecule has 0 bridgehead atoms.